The number of ether oxygens (including phenoxy) is 1. The summed E-state index contributed by atoms with van der Waals surface area (Å²) in [6.07, 6.45) is 2.32. The van der Waals surface area contributed by atoms with Gasteiger partial charge in [0.2, 0.25) is 0 Å². The van der Waals surface area contributed by atoms with E-state index < -0.39 is 17.7 Å². The molecule has 34 heavy (non-hydrogen) atoms. The van der Waals surface area contributed by atoms with Crippen molar-refractivity contribution in [2.45, 2.75) is 51.8 Å². The van der Waals surface area contributed by atoms with Crippen molar-refractivity contribution >= 4 is 17.4 Å². The van der Waals surface area contributed by atoms with Crippen molar-refractivity contribution < 1.29 is 23.8 Å². The molecule has 0 saturated carbocycles. The number of hydrogen-bond donors (Lipinski definition) is 1. The number of ketones is 1. The Kier molecular flexibility index (Phi) is 5.52. The van der Waals surface area contributed by atoms with Gasteiger partial charge in [0.1, 0.15) is 23.4 Å². The van der Waals surface area contributed by atoms with E-state index in [0.717, 1.165) is 28.9 Å². The highest BCUT2D eigenvalue weighted by Crippen LogP contribution is 2.41. The van der Waals surface area contributed by atoms with E-state index >= 15 is 0 Å². The van der Waals surface area contributed by atoms with Gasteiger partial charge < -0.3 is 19.2 Å². The fourth-order valence-electron chi connectivity index (χ4n) is 4.75. The molecule has 1 amide bonds. The number of benzene rings is 2. The Balaban J connectivity index is 1.62. The molecule has 0 bridgehead atoms. The molecule has 6 heteroatoms. The van der Waals surface area contributed by atoms with Crippen LogP contribution in [0.4, 0.5) is 0 Å². The third-order valence-corrected chi connectivity index (χ3v) is 6.53. The standard InChI is InChI=1S/C28H27NO5/c1-16(2)18-6-8-19(9-7-18)25-24(27(31)28(32)29(25)15-22-5-4-12-33-22)26(30)20-10-11-23-21(14-20)13-17(3)34-23/h4-12,14,16-17,25,30H,13,15H2,1-3H3/b26-24-. The maximum atomic E-state index is 13.2. The molecule has 2 aromatic carbocycles. The van der Waals surface area contributed by atoms with Gasteiger partial charge in [-0.1, -0.05) is 38.1 Å². The SMILES string of the molecule is CC1Cc2cc(/C(O)=C3/C(=O)C(=O)N(Cc4ccco4)C3c3ccc(C(C)C)cc3)ccc2O1. The Hall–Kier alpha value is -3.80. The van der Waals surface area contributed by atoms with Crippen LogP contribution in [0.3, 0.4) is 0 Å². The number of fused-ring (bicyclic) bond motifs is 1. The Morgan fingerprint density at radius 2 is 1.88 bits per heavy atom. The minimum absolute atomic E-state index is 0.0609. The maximum Gasteiger partial charge on any atom is 0.296 e. The number of amides is 1. The van der Waals surface area contributed by atoms with Crippen LogP contribution in [0.25, 0.3) is 5.76 Å². The van der Waals surface area contributed by atoms with Crippen LogP contribution in [0.5, 0.6) is 5.75 Å². The summed E-state index contributed by atoms with van der Waals surface area (Å²) in [5, 5.41) is 11.3. The van der Waals surface area contributed by atoms with E-state index in [-0.39, 0.29) is 24.0 Å². The van der Waals surface area contributed by atoms with Gasteiger partial charge in [-0.15, -0.1) is 0 Å². The molecule has 1 fully saturated rings. The van der Waals surface area contributed by atoms with Crippen LogP contribution in [-0.4, -0.2) is 27.8 Å². The van der Waals surface area contributed by atoms with Crippen LogP contribution in [0, 0.1) is 0 Å². The van der Waals surface area contributed by atoms with Crippen molar-refractivity contribution in [1.82, 2.24) is 4.90 Å². The molecule has 2 aliphatic heterocycles. The number of nitrogens with zero attached hydrogens (tertiary/aromatic N) is 1. The quantitative estimate of drug-likeness (QED) is 0.317. The molecule has 3 heterocycles. The Morgan fingerprint density at radius 1 is 1.12 bits per heavy atom. The summed E-state index contributed by atoms with van der Waals surface area (Å²) in [7, 11) is 0. The number of Topliss-reactive ketones (excluding diaryl/α,β-unsaturated/α-hetero) is 1. The number of furan rings is 1. The molecule has 2 atom stereocenters. The molecule has 1 N–H and O–H groups in total. The molecule has 5 rings (SSSR count). The minimum Gasteiger partial charge on any atom is -0.507 e. The zero-order chi connectivity index (χ0) is 24.0. The fraction of sp³-hybridized carbons (Fsp3) is 0.286. The lowest BCUT2D eigenvalue weighted by Crippen LogP contribution is -2.29. The molecule has 3 aromatic rings. The molecular weight excluding hydrogens is 430 g/mol. The maximum absolute atomic E-state index is 13.2. The summed E-state index contributed by atoms with van der Waals surface area (Å²) in [6.45, 7) is 6.33. The van der Waals surface area contributed by atoms with E-state index in [1.807, 2.05) is 37.3 Å². The average Bonchev–Trinajstić information content (AvgIpc) is 3.53. The van der Waals surface area contributed by atoms with E-state index in [1.54, 1.807) is 24.3 Å². The van der Waals surface area contributed by atoms with Crippen LogP contribution >= 0.6 is 0 Å². The molecule has 1 saturated heterocycles. The van der Waals surface area contributed by atoms with E-state index in [9.17, 15) is 14.7 Å². The van der Waals surface area contributed by atoms with Gasteiger partial charge in [-0.2, -0.15) is 0 Å². The minimum atomic E-state index is -0.727. The number of aliphatic hydroxyl groups excluding tert-OH is 1. The normalized spacial score (nSPS) is 21.2. The highest BCUT2D eigenvalue weighted by molar-refractivity contribution is 6.46. The van der Waals surface area contributed by atoms with E-state index in [2.05, 4.69) is 13.8 Å². The van der Waals surface area contributed by atoms with Crippen LogP contribution in [-0.2, 0) is 22.6 Å². The lowest BCUT2D eigenvalue weighted by atomic mass is 9.92. The zero-order valence-electron chi connectivity index (χ0n) is 19.4. The summed E-state index contributed by atoms with van der Waals surface area (Å²) >= 11 is 0. The molecular formula is C28H27NO5. The van der Waals surface area contributed by atoms with Gasteiger partial charge in [0, 0.05) is 12.0 Å². The first kappa shape index (κ1) is 22.0. The number of likely N-dealkylation sites (tertiary alicyclic amines) is 1. The first-order chi connectivity index (χ1) is 16.3. The third kappa shape index (κ3) is 3.79. The number of rotatable bonds is 5. The van der Waals surface area contributed by atoms with Gasteiger partial charge in [-0.05, 0) is 59.9 Å². The predicted octanol–water partition coefficient (Wildman–Crippen LogP) is 5.35. The summed E-state index contributed by atoms with van der Waals surface area (Å²) in [5.41, 5.74) is 3.46. The second-order valence-corrected chi connectivity index (χ2v) is 9.28. The molecule has 2 unspecified atom stereocenters. The van der Waals surface area contributed by atoms with Crippen LogP contribution in [0.15, 0.2) is 70.9 Å². The van der Waals surface area contributed by atoms with Gasteiger partial charge in [0.05, 0.1) is 24.4 Å². The topological polar surface area (TPSA) is 80.0 Å². The van der Waals surface area contributed by atoms with Crippen LogP contribution < -0.4 is 4.74 Å². The largest absolute Gasteiger partial charge is 0.507 e. The van der Waals surface area contributed by atoms with Crippen molar-refractivity contribution in [3.63, 3.8) is 0 Å². The molecule has 0 aliphatic carbocycles. The summed E-state index contributed by atoms with van der Waals surface area (Å²) in [4.78, 5) is 27.8. The Morgan fingerprint density at radius 3 is 2.56 bits per heavy atom. The Bertz CT molecular complexity index is 1270. The first-order valence-electron chi connectivity index (χ1n) is 11.5. The number of aliphatic hydroxyl groups is 1. The van der Waals surface area contributed by atoms with Crippen LogP contribution in [0.2, 0.25) is 0 Å². The van der Waals surface area contributed by atoms with Crippen molar-refractivity contribution in [3.8, 4) is 5.75 Å². The molecule has 174 valence electrons. The lowest BCUT2D eigenvalue weighted by molar-refractivity contribution is -0.140. The first-order valence-corrected chi connectivity index (χ1v) is 11.5. The molecule has 0 spiro atoms. The molecule has 1 aromatic heterocycles. The monoisotopic (exact) mass is 457 g/mol. The second kappa shape index (κ2) is 8.52. The van der Waals surface area contributed by atoms with Gasteiger partial charge >= 0.3 is 0 Å². The highest BCUT2D eigenvalue weighted by atomic mass is 16.5. The lowest BCUT2D eigenvalue weighted by Gasteiger charge is -2.25. The number of carbonyl (C=O) groups is 2. The third-order valence-electron chi connectivity index (χ3n) is 6.53. The van der Waals surface area contributed by atoms with Crippen molar-refractivity contribution in [2.24, 2.45) is 0 Å². The molecule has 6 nitrogen and oxygen atoms in total. The Labute approximate surface area is 198 Å². The van der Waals surface area contributed by atoms with Gasteiger partial charge in [0.15, 0.2) is 0 Å². The van der Waals surface area contributed by atoms with Gasteiger partial charge in [0.25, 0.3) is 11.7 Å². The van der Waals surface area contributed by atoms with Gasteiger partial charge in [-0.3, -0.25) is 9.59 Å². The summed E-state index contributed by atoms with van der Waals surface area (Å²) in [5.74, 6) is 0.152. The van der Waals surface area contributed by atoms with Crippen molar-refractivity contribution in [1.29, 1.82) is 0 Å². The number of carbonyl (C=O) groups excluding carboxylic acids is 2. The molecule has 2 aliphatic rings. The zero-order valence-corrected chi connectivity index (χ0v) is 19.4. The second-order valence-electron chi connectivity index (χ2n) is 9.28. The average molecular weight is 458 g/mol. The predicted molar refractivity (Wildman–Crippen MR) is 127 cm³/mol. The van der Waals surface area contributed by atoms with Crippen molar-refractivity contribution in [2.75, 3.05) is 0 Å². The van der Waals surface area contributed by atoms with Gasteiger partial charge in [-0.25, -0.2) is 0 Å². The summed E-state index contributed by atoms with van der Waals surface area (Å²) < 4.78 is 11.2. The number of hydrogen-bond acceptors (Lipinski definition) is 5. The smallest absolute Gasteiger partial charge is 0.296 e. The molecule has 0 radical (unpaired) electrons. The fourth-order valence-corrected chi connectivity index (χ4v) is 4.75. The highest BCUT2D eigenvalue weighted by Gasteiger charge is 2.46. The van der Waals surface area contributed by atoms with Crippen molar-refractivity contribution in [3.05, 3.63) is 94.4 Å². The van der Waals surface area contributed by atoms with E-state index in [1.165, 1.54) is 11.2 Å². The van der Waals surface area contributed by atoms with E-state index in [0.29, 0.717) is 17.2 Å². The van der Waals surface area contributed by atoms with Crippen LogP contribution in [0.1, 0.15) is 60.7 Å². The van der Waals surface area contributed by atoms with E-state index in [4.69, 9.17) is 9.15 Å². The summed E-state index contributed by atoms with van der Waals surface area (Å²) in [6, 6.07) is 16.0.